The number of aromatic nitrogens is 2. The number of nitrogens with one attached hydrogen (secondary N) is 2. The van der Waals surface area contributed by atoms with E-state index in [-0.39, 0.29) is 11.7 Å². The second-order valence-electron chi connectivity index (χ2n) is 4.87. The van der Waals surface area contributed by atoms with Gasteiger partial charge in [0.25, 0.3) is 5.91 Å². The van der Waals surface area contributed by atoms with Crippen molar-refractivity contribution < 1.29 is 13.9 Å². The van der Waals surface area contributed by atoms with Gasteiger partial charge >= 0.3 is 0 Å². The lowest BCUT2D eigenvalue weighted by Gasteiger charge is -2.08. The van der Waals surface area contributed by atoms with E-state index >= 15 is 0 Å². The first-order chi connectivity index (χ1) is 11.2. The molecule has 122 valence electrons. The minimum Gasteiger partial charge on any atom is -0.385 e. The van der Waals surface area contributed by atoms with Gasteiger partial charge in [0.05, 0.1) is 0 Å². The largest absolute Gasteiger partial charge is 0.385 e. The van der Waals surface area contributed by atoms with Gasteiger partial charge in [0.15, 0.2) is 0 Å². The van der Waals surface area contributed by atoms with E-state index < -0.39 is 0 Å². The van der Waals surface area contributed by atoms with Crippen LogP contribution in [0.1, 0.15) is 22.5 Å². The Bertz CT molecular complexity index is 634. The summed E-state index contributed by atoms with van der Waals surface area (Å²) in [6.07, 6.45) is 2.07. The number of carbonyl (C=O) groups is 1. The Kier molecular flexibility index (Phi) is 6.43. The molecule has 0 saturated heterocycles. The number of anilines is 1. The van der Waals surface area contributed by atoms with Crippen molar-refractivity contribution in [1.29, 1.82) is 0 Å². The number of rotatable bonds is 8. The number of halogens is 1. The minimum absolute atomic E-state index is 0.256. The molecule has 23 heavy (non-hydrogen) atoms. The zero-order valence-corrected chi connectivity index (χ0v) is 12.9. The Morgan fingerprint density at radius 1 is 1.26 bits per heavy atom. The van der Waals surface area contributed by atoms with Crippen molar-refractivity contribution in [2.24, 2.45) is 0 Å². The van der Waals surface area contributed by atoms with Crippen molar-refractivity contribution in [3.05, 3.63) is 53.7 Å². The summed E-state index contributed by atoms with van der Waals surface area (Å²) in [5, 5.41) is 5.84. The lowest BCUT2D eigenvalue weighted by Crippen LogP contribution is -2.26. The monoisotopic (exact) mass is 318 g/mol. The van der Waals surface area contributed by atoms with Crippen LogP contribution < -0.4 is 10.6 Å². The van der Waals surface area contributed by atoms with Crippen LogP contribution in [0, 0.1) is 5.82 Å². The van der Waals surface area contributed by atoms with Crippen molar-refractivity contribution in [2.45, 2.75) is 13.0 Å². The van der Waals surface area contributed by atoms with Crippen molar-refractivity contribution in [1.82, 2.24) is 15.3 Å². The lowest BCUT2D eigenvalue weighted by atomic mass is 10.2. The van der Waals surface area contributed by atoms with Crippen LogP contribution in [0.25, 0.3) is 0 Å². The molecule has 0 spiro atoms. The van der Waals surface area contributed by atoms with Gasteiger partial charge in [-0.2, -0.15) is 0 Å². The average Bonchev–Trinajstić information content (AvgIpc) is 2.58. The van der Waals surface area contributed by atoms with Crippen molar-refractivity contribution in [3.63, 3.8) is 0 Å². The Balaban J connectivity index is 1.88. The molecule has 6 nitrogen and oxygen atoms in total. The number of nitrogens with zero attached hydrogens (tertiary/aromatic N) is 2. The maximum atomic E-state index is 12.8. The Hall–Kier alpha value is -2.54. The molecule has 1 aromatic carbocycles. The van der Waals surface area contributed by atoms with Gasteiger partial charge in [-0.3, -0.25) is 4.79 Å². The molecule has 1 heterocycles. The maximum absolute atomic E-state index is 12.8. The fraction of sp³-hybridized carbons (Fsp3) is 0.312. The highest BCUT2D eigenvalue weighted by Crippen LogP contribution is 2.08. The second kappa shape index (κ2) is 8.79. The number of methoxy groups -OCH3 is 1. The Morgan fingerprint density at radius 3 is 2.78 bits per heavy atom. The fourth-order valence-corrected chi connectivity index (χ4v) is 1.88. The van der Waals surface area contributed by atoms with Gasteiger partial charge in [0.1, 0.15) is 23.7 Å². The van der Waals surface area contributed by atoms with Crippen LogP contribution in [0.3, 0.4) is 0 Å². The molecule has 0 aliphatic heterocycles. The quantitative estimate of drug-likeness (QED) is 0.728. The van der Waals surface area contributed by atoms with E-state index in [4.69, 9.17) is 4.74 Å². The molecule has 0 aliphatic rings. The molecule has 0 atom stereocenters. The van der Waals surface area contributed by atoms with Crippen LogP contribution in [-0.4, -0.2) is 36.1 Å². The number of amides is 1. The van der Waals surface area contributed by atoms with E-state index in [1.165, 1.54) is 18.5 Å². The van der Waals surface area contributed by atoms with Crippen LogP contribution in [-0.2, 0) is 11.3 Å². The number of ether oxygens (including phenoxy) is 1. The average molecular weight is 318 g/mol. The van der Waals surface area contributed by atoms with E-state index in [2.05, 4.69) is 20.6 Å². The summed E-state index contributed by atoms with van der Waals surface area (Å²) in [6, 6.07) is 7.75. The van der Waals surface area contributed by atoms with E-state index in [9.17, 15) is 9.18 Å². The highest BCUT2D eigenvalue weighted by Gasteiger charge is 2.08. The van der Waals surface area contributed by atoms with Crippen molar-refractivity contribution >= 4 is 11.7 Å². The van der Waals surface area contributed by atoms with Crippen molar-refractivity contribution in [2.75, 3.05) is 25.6 Å². The van der Waals surface area contributed by atoms with Gasteiger partial charge in [-0.05, 0) is 24.1 Å². The Labute approximate surface area is 134 Å². The van der Waals surface area contributed by atoms with Crippen LogP contribution in [0.5, 0.6) is 0 Å². The third kappa shape index (κ3) is 5.63. The second-order valence-corrected chi connectivity index (χ2v) is 4.87. The molecular weight excluding hydrogens is 299 g/mol. The molecule has 7 heteroatoms. The molecule has 1 aromatic heterocycles. The number of hydrogen-bond acceptors (Lipinski definition) is 5. The van der Waals surface area contributed by atoms with E-state index in [0.717, 1.165) is 12.0 Å². The first-order valence-corrected chi connectivity index (χ1v) is 7.26. The standard InChI is InChI=1S/C16H19FN4O2/c1-23-8-2-7-18-16(22)14-9-15(21-11-20-14)19-10-12-3-5-13(17)6-4-12/h3-6,9,11H,2,7-8,10H2,1H3,(H,18,22)(H,19,20,21). The molecular formula is C16H19FN4O2. The fourth-order valence-electron chi connectivity index (χ4n) is 1.88. The highest BCUT2D eigenvalue weighted by atomic mass is 19.1. The topological polar surface area (TPSA) is 76.1 Å². The van der Waals surface area contributed by atoms with Gasteiger partial charge in [-0.25, -0.2) is 14.4 Å². The summed E-state index contributed by atoms with van der Waals surface area (Å²) in [5.74, 6) is 0.00270. The molecule has 0 saturated carbocycles. The zero-order valence-electron chi connectivity index (χ0n) is 12.9. The smallest absolute Gasteiger partial charge is 0.270 e. The molecule has 0 aliphatic carbocycles. The summed E-state index contributed by atoms with van der Waals surface area (Å²) in [6.45, 7) is 1.59. The molecule has 2 rings (SSSR count). The van der Waals surface area contributed by atoms with Gasteiger partial charge in [0, 0.05) is 32.9 Å². The van der Waals surface area contributed by atoms with Crippen LogP contribution in [0.15, 0.2) is 36.7 Å². The number of carbonyl (C=O) groups excluding carboxylic acids is 1. The molecule has 1 amide bonds. The first kappa shape index (κ1) is 16.8. The summed E-state index contributed by atoms with van der Waals surface area (Å²) < 4.78 is 17.8. The van der Waals surface area contributed by atoms with Crippen LogP contribution >= 0.6 is 0 Å². The van der Waals surface area contributed by atoms with Crippen LogP contribution in [0.4, 0.5) is 10.2 Å². The molecule has 0 radical (unpaired) electrons. The van der Waals surface area contributed by atoms with Gasteiger partial charge < -0.3 is 15.4 Å². The van der Waals surface area contributed by atoms with Gasteiger partial charge in [0.2, 0.25) is 0 Å². The third-order valence-corrected chi connectivity index (χ3v) is 3.10. The maximum Gasteiger partial charge on any atom is 0.270 e. The predicted molar refractivity (Wildman–Crippen MR) is 84.6 cm³/mol. The lowest BCUT2D eigenvalue weighted by molar-refractivity contribution is 0.0943. The summed E-state index contributed by atoms with van der Waals surface area (Å²) in [7, 11) is 1.62. The van der Waals surface area contributed by atoms with E-state index in [1.807, 2.05) is 0 Å². The summed E-state index contributed by atoms with van der Waals surface area (Å²) in [5.41, 5.74) is 1.20. The van der Waals surface area contributed by atoms with Gasteiger partial charge in [-0.15, -0.1) is 0 Å². The Morgan fingerprint density at radius 2 is 2.04 bits per heavy atom. The zero-order chi connectivity index (χ0) is 16.5. The summed E-state index contributed by atoms with van der Waals surface area (Å²) >= 11 is 0. The summed E-state index contributed by atoms with van der Waals surface area (Å²) in [4.78, 5) is 20.0. The number of benzene rings is 1. The molecule has 0 fully saturated rings. The van der Waals surface area contributed by atoms with E-state index in [0.29, 0.717) is 31.2 Å². The van der Waals surface area contributed by atoms with Crippen LogP contribution in [0.2, 0.25) is 0 Å². The molecule has 0 bridgehead atoms. The third-order valence-electron chi connectivity index (χ3n) is 3.10. The molecule has 2 N–H and O–H groups in total. The van der Waals surface area contributed by atoms with Gasteiger partial charge in [-0.1, -0.05) is 12.1 Å². The molecule has 2 aromatic rings. The SMILES string of the molecule is COCCCNC(=O)c1cc(NCc2ccc(F)cc2)ncn1. The molecule has 0 unspecified atom stereocenters. The minimum atomic E-state index is -0.275. The normalized spacial score (nSPS) is 10.3. The van der Waals surface area contributed by atoms with E-state index in [1.54, 1.807) is 25.3 Å². The first-order valence-electron chi connectivity index (χ1n) is 7.26. The number of hydrogen-bond donors (Lipinski definition) is 2. The van der Waals surface area contributed by atoms with Crippen molar-refractivity contribution in [3.8, 4) is 0 Å². The predicted octanol–water partition coefficient (Wildman–Crippen LogP) is 1.99. The highest BCUT2D eigenvalue weighted by molar-refractivity contribution is 5.92.